The van der Waals surface area contributed by atoms with E-state index in [0.29, 0.717) is 11.5 Å². The number of nitrogens with one attached hydrogen (secondary N) is 1. The number of hydrogen-bond acceptors (Lipinski definition) is 3. The van der Waals surface area contributed by atoms with Crippen LogP contribution in [-0.2, 0) is 12.8 Å². The van der Waals surface area contributed by atoms with Crippen molar-refractivity contribution >= 4 is 11.3 Å². The lowest BCUT2D eigenvalue weighted by Gasteiger charge is -2.15. The maximum atomic E-state index is 4.66. The summed E-state index contributed by atoms with van der Waals surface area (Å²) in [5, 5.41) is 6.69. The van der Waals surface area contributed by atoms with Gasteiger partial charge in [0.15, 0.2) is 0 Å². The lowest BCUT2D eigenvalue weighted by molar-refractivity contribution is 0.410. The molecule has 0 saturated heterocycles. The van der Waals surface area contributed by atoms with Crippen molar-refractivity contribution < 1.29 is 0 Å². The van der Waals surface area contributed by atoms with Gasteiger partial charge in [-0.2, -0.15) is 0 Å². The number of nitrogens with zero attached hydrogens (tertiary/aromatic N) is 1. The molecule has 0 aliphatic heterocycles. The summed E-state index contributed by atoms with van der Waals surface area (Å²) in [4.78, 5) is 4.66. The second kappa shape index (κ2) is 5.08. The predicted octanol–water partition coefficient (Wildman–Crippen LogP) is 2.88. The van der Waals surface area contributed by atoms with Crippen molar-refractivity contribution in [3.8, 4) is 0 Å². The molecule has 1 aromatic rings. The van der Waals surface area contributed by atoms with Gasteiger partial charge in [-0.25, -0.2) is 4.98 Å². The van der Waals surface area contributed by atoms with Crippen LogP contribution < -0.4 is 5.32 Å². The summed E-state index contributed by atoms with van der Waals surface area (Å²) in [6, 6.07) is 0.509. The van der Waals surface area contributed by atoms with Crippen LogP contribution in [0.3, 0.4) is 0 Å². The van der Waals surface area contributed by atoms with E-state index in [1.54, 1.807) is 11.3 Å². The van der Waals surface area contributed by atoms with Crippen molar-refractivity contribution in [3.63, 3.8) is 0 Å². The van der Waals surface area contributed by atoms with Crippen molar-refractivity contribution in [3.05, 3.63) is 16.1 Å². The molecular formula is C12H22N2S. The SMILES string of the molecule is CNC(C)Cc1csc(CC(C)(C)C)n1. The van der Waals surface area contributed by atoms with E-state index in [2.05, 4.69) is 43.4 Å². The molecule has 1 atom stereocenters. The molecule has 1 aromatic heterocycles. The average Bonchev–Trinajstić information content (AvgIpc) is 2.49. The van der Waals surface area contributed by atoms with Gasteiger partial charge in [-0.1, -0.05) is 20.8 Å². The van der Waals surface area contributed by atoms with Crippen LogP contribution in [0.4, 0.5) is 0 Å². The summed E-state index contributed by atoms with van der Waals surface area (Å²) < 4.78 is 0. The molecule has 1 rings (SSSR count). The summed E-state index contributed by atoms with van der Waals surface area (Å²) in [6.45, 7) is 8.95. The Morgan fingerprint density at radius 1 is 1.47 bits per heavy atom. The molecule has 0 aliphatic rings. The van der Waals surface area contributed by atoms with Crippen LogP contribution in [0.2, 0.25) is 0 Å². The van der Waals surface area contributed by atoms with Crippen molar-refractivity contribution in [2.24, 2.45) is 5.41 Å². The highest BCUT2D eigenvalue weighted by Crippen LogP contribution is 2.23. The van der Waals surface area contributed by atoms with E-state index in [0.717, 1.165) is 12.8 Å². The highest BCUT2D eigenvalue weighted by molar-refractivity contribution is 7.09. The minimum atomic E-state index is 0.337. The van der Waals surface area contributed by atoms with E-state index < -0.39 is 0 Å². The van der Waals surface area contributed by atoms with Gasteiger partial charge in [-0.05, 0) is 19.4 Å². The van der Waals surface area contributed by atoms with Gasteiger partial charge in [0.05, 0.1) is 10.7 Å². The molecule has 0 amide bonds. The molecule has 1 unspecified atom stereocenters. The Hall–Kier alpha value is -0.410. The minimum Gasteiger partial charge on any atom is -0.317 e. The van der Waals surface area contributed by atoms with Crippen molar-refractivity contribution in [1.29, 1.82) is 0 Å². The number of rotatable bonds is 4. The maximum absolute atomic E-state index is 4.66. The molecule has 3 heteroatoms. The number of aromatic nitrogens is 1. The topological polar surface area (TPSA) is 24.9 Å². The first-order valence-electron chi connectivity index (χ1n) is 5.51. The Morgan fingerprint density at radius 2 is 2.13 bits per heavy atom. The van der Waals surface area contributed by atoms with Crippen molar-refractivity contribution in [2.75, 3.05) is 7.05 Å². The zero-order chi connectivity index (χ0) is 11.5. The Bertz CT molecular complexity index is 299. The third-order valence-electron chi connectivity index (χ3n) is 2.29. The van der Waals surface area contributed by atoms with Crippen LogP contribution in [0, 0.1) is 5.41 Å². The second-order valence-corrected chi connectivity index (χ2v) is 6.31. The van der Waals surface area contributed by atoms with Gasteiger partial charge in [0.2, 0.25) is 0 Å². The Kier molecular flexibility index (Phi) is 4.29. The molecule has 0 spiro atoms. The predicted molar refractivity (Wildman–Crippen MR) is 67.5 cm³/mol. The normalized spacial score (nSPS) is 14.2. The third-order valence-corrected chi connectivity index (χ3v) is 3.19. The van der Waals surface area contributed by atoms with Crippen molar-refractivity contribution in [1.82, 2.24) is 10.3 Å². The van der Waals surface area contributed by atoms with E-state index in [4.69, 9.17) is 0 Å². The first-order valence-corrected chi connectivity index (χ1v) is 6.39. The fourth-order valence-corrected chi connectivity index (χ4v) is 2.50. The molecular weight excluding hydrogens is 204 g/mol. The summed E-state index contributed by atoms with van der Waals surface area (Å²) >= 11 is 1.79. The lowest BCUT2D eigenvalue weighted by atomic mass is 9.93. The van der Waals surface area contributed by atoms with E-state index in [1.165, 1.54) is 10.7 Å². The lowest BCUT2D eigenvalue weighted by Crippen LogP contribution is -2.23. The Labute approximate surface area is 97.1 Å². The average molecular weight is 226 g/mol. The zero-order valence-electron chi connectivity index (χ0n) is 10.4. The summed E-state index contributed by atoms with van der Waals surface area (Å²) in [6.07, 6.45) is 2.10. The van der Waals surface area contributed by atoms with Gasteiger partial charge >= 0.3 is 0 Å². The Balaban J connectivity index is 2.56. The third kappa shape index (κ3) is 4.76. The highest BCUT2D eigenvalue weighted by atomic mass is 32.1. The molecule has 2 nitrogen and oxygen atoms in total. The van der Waals surface area contributed by atoms with Gasteiger partial charge in [0.1, 0.15) is 0 Å². The summed E-state index contributed by atoms with van der Waals surface area (Å²) in [5.41, 5.74) is 1.56. The van der Waals surface area contributed by atoms with Gasteiger partial charge in [0, 0.05) is 24.3 Å². The largest absolute Gasteiger partial charge is 0.317 e. The Morgan fingerprint density at radius 3 is 2.67 bits per heavy atom. The molecule has 0 aliphatic carbocycles. The maximum Gasteiger partial charge on any atom is 0.0933 e. The number of hydrogen-bond donors (Lipinski definition) is 1. The standard InChI is InChI=1S/C12H22N2S/c1-9(13-5)6-10-8-15-11(14-10)7-12(2,3)4/h8-9,13H,6-7H2,1-5H3. The molecule has 86 valence electrons. The van der Waals surface area contributed by atoms with Crippen molar-refractivity contribution in [2.45, 2.75) is 46.6 Å². The fourth-order valence-electron chi connectivity index (χ4n) is 1.39. The molecule has 0 fully saturated rings. The second-order valence-electron chi connectivity index (χ2n) is 5.36. The van der Waals surface area contributed by atoms with Crippen LogP contribution in [-0.4, -0.2) is 18.1 Å². The van der Waals surface area contributed by atoms with Crippen LogP contribution >= 0.6 is 11.3 Å². The first-order chi connectivity index (χ1) is 6.90. The van der Waals surface area contributed by atoms with E-state index in [-0.39, 0.29) is 0 Å². The minimum absolute atomic E-state index is 0.337. The quantitative estimate of drug-likeness (QED) is 0.854. The van der Waals surface area contributed by atoms with Gasteiger partial charge in [-0.15, -0.1) is 11.3 Å². The van der Waals surface area contributed by atoms with E-state index >= 15 is 0 Å². The van der Waals surface area contributed by atoms with Crippen LogP contribution in [0.1, 0.15) is 38.4 Å². The molecule has 1 heterocycles. The molecule has 0 radical (unpaired) electrons. The van der Waals surface area contributed by atoms with Gasteiger partial charge in [0.25, 0.3) is 0 Å². The number of likely N-dealkylation sites (N-methyl/N-ethyl adjacent to an activating group) is 1. The summed E-state index contributed by atoms with van der Waals surface area (Å²) in [5.74, 6) is 0. The molecule has 0 saturated carbocycles. The van der Waals surface area contributed by atoms with E-state index in [9.17, 15) is 0 Å². The molecule has 15 heavy (non-hydrogen) atoms. The fraction of sp³-hybridized carbons (Fsp3) is 0.750. The molecule has 0 aromatic carbocycles. The zero-order valence-corrected chi connectivity index (χ0v) is 11.2. The monoisotopic (exact) mass is 226 g/mol. The van der Waals surface area contributed by atoms with Gasteiger partial charge in [-0.3, -0.25) is 0 Å². The van der Waals surface area contributed by atoms with Crippen LogP contribution in [0.15, 0.2) is 5.38 Å². The number of thiazole rings is 1. The molecule has 1 N–H and O–H groups in total. The molecule has 0 bridgehead atoms. The first kappa shape index (κ1) is 12.7. The highest BCUT2D eigenvalue weighted by Gasteiger charge is 2.14. The van der Waals surface area contributed by atoms with Crippen LogP contribution in [0.25, 0.3) is 0 Å². The van der Waals surface area contributed by atoms with Gasteiger partial charge < -0.3 is 5.32 Å². The smallest absolute Gasteiger partial charge is 0.0933 e. The van der Waals surface area contributed by atoms with Crippen LogP contribution in [0.5, 0.6) is 0 Å². The van der Waals surface area contributed by atoms with E-state index in [1.807, 2.05) is 7.05 Å². The summed E-state index contributed by atoms with van der Waals surface area (Å²) in [7, 11) is 1.99.